The third-order valence-electron chi connectivity index (χ3n) is 5.52. The quantitative estimate of drug-likeness (QED) is 0.766. The van der Waals surface area contributed by atoms with Gasteiger partial charge in [0.2, 0.25) is 5.91 Å². The number of carbonyl (C=O) groups excluding carboxylic acids is 2. The number of hydrogen-bond donors (Lipinski definition) is 2. The zero-order valence-electron chi connectivity index (χ0n) is 16.3. The summed E-state index contributed by atoms with van der Waals surface area (Å²) in [5.41, 5.74) is 2.96. The van der Waals surface area contributed by atoms with Crippen molar-refractivity contribution in [1.29, 1.82) is 5.41 Å². The van der Waals surface area contributed by atoms with Gasteiger partial charge in [0.25, 0.3) is 0 Å². The molecule has 1 aromatic carbocycles. The highest BCUT2D eigenvalue weighted by atomic mass is 16.5. The number of anilines is 2. The van der Waals surface area contributed by atoms with Gasteiger partial charge in [-0.15, -0.1) is 0 Å². The van der Waals surface area contributed by atoms with Crippen LogP contribution in [0.2, 0.25) is 0 Å². The molecule has 0 unspecified atom stereocenters. The maximum Gasteiger partial charge on any atom is 0.414 e. The Morgan fingerprint density at radius 2 is 1.96 bits per heavy atom. The summed E-state index contributed by atoms with van der Waals surface area (Å²) in [7, 11) is 1.37. The van der Waals surface area contributed by atoms with Crippen molar-refractivity contribution in [2.45, 2.75) is 44.7 Å². The van der Waals surface area contributed by atoms with Crippen molar-refractivity contribution >= 4 is 35.2 Å². The molecular formula is C21H26N4O3. The van der Waals surface area contributed by atoms with Gasteiger partial charge in [0.05, 0.1) is 24.5 Å². The fourth-order valence-electron chi connectivity index (χ4n) is 3.61. The van der Waals surface area contributed by atoms with Gasteiger partial charge >= 0.3 is 6.09 Å². The molecule has 1 atom stereocenters. The first-order chi connectivity index (χ1) is 13.5. The van der Waals surface area contributed by atoms with Gasteiger partial charge in [0, 0.05) is 36.5 Å². The lowest BCUT2D eigenvalue weighted by molar-refractivity contribution is -0.119. The number of fused-ring (bicyclic) bond motifs is 1. The topological polar surface area (TPSA) is 85.7 Å². The van der Waals surface area contributed by atoms with E-state index in [9.17, 15) is 9.59 Å². The fourth-order valence-corrected chi connectivity index (χ4v) is 3.61. The van der Waals surface area contributed by atoms with Gasteiger partial charge in [-0.1, -0.05) is 6.07 Å². The van der Waals surface area contributed by atoms with Crippen molar-refractivity contribution in [2.75, 3.05) is 23.5 Å². The standard InChI is InChI=1S/C21H26N4O3/c1-13-12-24(20(26)14-3-4-14)19-9-15(16(10-22)11-23-17-6-7-17)5-8-18(19)25(13)21(27)28-2/h5,8-11,13-14,17,22-23H,3-4,6-7,12H2,1-2H3/b16-11+,22-10?/t13-/m0/s1. The van der Waals surface area contributed by atoms with Crippen LogP contribution in [0.25, 0.3) is 5.57 Å². The summed E-state index contributed by atoms with van der Waals surface area (Å²) in [6, 6.07) is 5.96. The van der Waals surface area contributed by atoms with E-state index in [1.54, 1.807) is 9.80 Å². The molecule has 1 heterocycles. The summed E-state index contributed by atoms with van der Waals surface area (Å²) >= 11 is 0. The summed E-state index contributed by atoms with van der Waals surface area (Å²) in [6.45, 7) is 2.36. The number of amides is 2. The predicted molar refractivity (Wildman–Crippen MR) is 109 cm³/mol. The lowest BCUT2D eigenvalue weighted by atomic mass is 10.0. The highest BCUT2D eigenvalue weighted by Gasteiger charge is 2.40. The number of hydrogen-bond acceptors (Lipinski definition) is 5. The maximum absolute atomic E-state index is 12.9. The molecule has 3 aliphatic rings. The van der Waals surface area contributed by atoms with Gasteiger partial charge < -0.3 is 20.4 Å². The number of methoxy groups -OCH3 is 1. The van der Waals surface area contributed by atoms with Crippen LogP contribution in [0.3, 0.4) is 0 Å². The molecule has 28 heavy (non-hydrogen) atoms. The van der Waals surface area contributed by atoms with Crippen molar-refractivity contribution in [3.05, 3.63) is 30.0 Å². The van der Waals surface area contributed by atoms with Crippen molar-refractivity contribution < 1.29 is 14.3 Å². The molecule has 4 rings (SSSR count). The SMILES string of the molecule is COC(=O)N1c2ccc(/C(C=N)=C/NC3CC3)cc2N(C(=O)C2CC2)C[C@@H]1C. The third-order valence-corrected chi connectivity index (χ3v) is 5.52. The Bertz CT molecular complexity index is 842. The van der Waals surface area contributed by atoms with Crippen molar-refractivity contribution in [3.63, 3.8) is 0 Å². The van der Waals surface area contributed by atoms with E-state index in [4.69, 9.17) is 10.1 Å². The lowest BCUT2D eigenvalue weighted by Crippen LogP contribution is -2.52. The van der Waals surface area contributed by atoms with Crippen molar-refractivity contribution in [2.24, 2.45) is 5.92 Å². The molecule has 148 valence electrons. The molecule has 0 spiro atoms. The van der Waals surface area contributed by atoms with E-state index in [-0.39, 0.29) is 17.9 Å². The molecule has 7 nitrogen and oxygen atoms in total. The van der Waals surface area contributed by atoms with Crippen LogP contribution < -0.4 is 15.1 Å². The molecule has 7 heteroatoms. The van der Waals surface area contributed by atoms with Crippen LogP contribution in [0.4, 0.5) is 16.2 Å². The van der Waals surface area contributed by atoms with Crippen LogP contribution in [-0.4, -0.2) is 44.0 Å². The van der Waals surface area contributed by atoms with Gasteiger partial charge in [0.1, 0.15) is 0 Å². The lowest BCUT2D eigenvalue weighted by Gasteiger charge is -2.40. The van der Waals surface area contributed by atoms with Crippen LogP contribution in [0, 0.1) is 11.3 Å². The normalized spacial score (nSPS) is 21.8. The van der Waals surface area contributed by atoms with Gasteiger partial charge in [-0.25, -0.2) is 4.79 Å². The minimum atomic E-state index is -0.432. The molecule has 1 aromatic rings. The van der Waals surface area contributed by atoms with E-state index in [1.807, 2.05) is 31.3 Å². The molecule has 2 aliphatic carbocycles. The zero-order valence-corrected chi connectivity index (χ0v) is 16.3. The second-order valence-corrected chi connectivity index (χ2v) is 7.80. The van der Waals surface area contributed by atoms with E-state index in [0.29, 0.717) is 24.0 Å². The first kappa shape index (κ1) is 18.5. The molecule has 1 aliphatic heterocycles. The van der Waals surface area contributed by atoms with Gasteiger partial charge in [-0.2, -0.15) is 0 Å². The van der Waals surface area contributed by atoms with Gasteiger partial charge in [0.15, 0.2) is 0 Å². The Labute approximate surface area is 164 Å². The van der Waals surface area contributed by atoms with Gasteiger partial charge in [-0.05, 0) is 50.3 Å². The predicted octanol–water partition coefficient (Wildman–Crippen LogP) is 3.15. The Balaban J connectivity index is 1.74. The zero-order chi connectivity index (χ0) is 19.8. The van der Waals surface area contributed by atoms with Crippen molar-refractivity contribution in [1.82, 2.24) is 5.32 Å². The molecule has 0 radical (unpaired) electrons. The minimum absolute atomic E-state index is 0.0858. The Morgan fingerprint density at radius 3 is 2.57 bits per heavy atom. The second-order valence-electron chi connectivity index (χ2n) is 7.80. The number of benzene rings is 1. The number of nitrogens with one attached hydrogen (secondary N) is 2. The number of rotatable bonds is 5. The van der Waals surface area contributed by atoms with E-state index in [0.717, 1.165) is 36.8 Å². The molecule has 2 saturated carbocycles. The number of ether oxygens (including phenoxy) is 1. The number of nitrogens with zero attached hydrogens (tertiary/aromatic N) is 2. The van der Waals surface area contributed by atoms with Gasteiger partial charge in [-0.3, -0.25) is 9.69 Å². The molecular weight excluding hydrogens is 356 g/mol. The van der Waals surface area contributed by atoms with Crippen LogP contribution >= 0.6 is 0 Å². The summed E-state index contributed by atoms with van der Waals surface area (Å²) < 4.78 is 4.97. The maximum atomic E-state index is 12.9. The minimum Gasteiger partial charge on any atom is -0.452 e. The second kappa shape index (κ2) is 7.30. The van der Waals surface area contributed by atoms with E-state index < -0.39 is 6.09 Å². The summed E-state index contributed by atoms with van der Waals surface area (Å²) in [6.07, 6.45) is 6.91. The van der Waals surface area contributed by atoms with Crippen LogP contribution in [-0.2, 0) is 9.53 Å². The number of allylic oxidation sites excluding steroid dienone is 1. The molecule has 0 bridgehead atoms. The molecule has 0 aromatic heterocycles. The monoisotopic (exact) mass is 382 g/mol. The average Bonchev–Trinajstić information content (AvgIpc) is 3.60. The van der Waals surface area contributed by atoms with Crippen LogP contribution in [0.1, 0.15) is 38.2 Å². The highest BCUT2D eigenvalue weighted by molar-refractivity contribution is 6.10. The summed E-state index contributed by atoms with van der Waals surface area (Å²) in [5.74, 6) is 0.203. The largest absolute Gasteiger partial charge is 0.452 e. The first-order valence-corrected chi connectivity index (χ1v) is 9.83. The highest BCUT2D eigenvalue weighted by Crippen LogP contribution is 2.41. The van der Waals surface area contributed by atoms with E-state index >= 15 is 0 Å². The Hall–Kier alpha value is -2.83. The fraction of sp³-hybridized carbons (Fsp3) is 0.476. The molecule has 2 fully saturated rings. The molecule has 2 N–H and O–H groups in total. The van der Waals surface area contributed by atoms with Crippen molar-refractivity contribution in [3.8, 4) is 0 Å². The number of carbonyl (C=O) groups is 2. The molecule has 2 amide bonds. The van der Waals surface area contributed by atoms with E-state index in [2.05, 4.69) is 5.32 Å². The van der Waals surface area contributed by atoms with Crippen LogP contribution in [0.15, 0.2) is 24.4 Å². The Kier molecular flexibility index (Phi) is 4.83. The van der Waals surface area contributed by atoms with Crippen LogP contribution in [0.5, 0.6) is 0 Å². The smallest absolute Gasteiger partial charge is 0.414 e. The summed E-state index contributed by atoms with van der Waals surface area (Å²) in [5, 5.41) is 11.1. The molecule has 0 saturated heterocycles. The first-order valence-electron chi connectivity index (χ1n) is 9.83. The summed E-state index contributed by atoms with van der Waals surface area (Å²) in [4.78, 5) is 28.7. The average molecular weight is 382 g/mol. The Morgan fingerprint density at radius 1 is 1.21 bits per heavy atom. The third kappa shape index (κ3) is 3.48. The van der Waals surface area contributed by atoms with E-state index in [1.165, 1.54) is 13.3 Å².